The summed E-state index contributed by atoms with van der Waals surface area (Å²) in [4.78, 5) is 1.42. The van der Waals surface area contributed by atoms with Crippen molar-refractivity contribution in [2.24, 2.45) is 5.92 Å². The predicted molar refractivity (Wildman–Crippen MR) is 78.9 cm³/mol. The number of aryl methyl sites for hydroxylation is 2. The van der Waals surface area contributed by atoms with Crippen LogP contribution in [0.3, 0.4) is 0 Å². The third-order valence-electron chi connectivity index (χ3n) is 3.46. The van der Waals surface area contributed by atoms with Crippen LogP contribution in [-0.2, 0) is 0 Å². The summed E-state index contributed by atoms with van der Waals surface area (Å²) in [6, 6.07) is 7.30. The van der Waals surface area contributed by atoms with Gasteiger partial charge in [-0.3, -0.25) is 0 Å². The summed E-state index contributed by atoms with van der Waals surface area (Å²) < 4.78 is 0. The van der Waals surface area contributed by atoms with Crippen molar-refractivity contribution in [3.63, 3.8) is 0 Å². The number of nitrogens with one attached hydrogen (secondary N) is 1. The van der Waals surface area contributed by atoms with Crippen LogP contribution in [0.25, 0.3) is 0 Å². The third kappa shape index (κ3) is 4.36. The van der Waals surface area contributed by atoms with Crippen molar-refractivity contribution in [2.75, 3.05) is 12.8 Å². The van der Waals surface area contributed by atoms with E-state index in [1.165, 1.54) is 22.4 Å². The molecule has 0 heterocycles. The largest absolute Gasteiger partial charge is 0.316 e. The Morgan fingerprint density at radius 3 is 2.59 bits per heavy atom. The second kappa shape index (κ2) is 7.07. The molecule has 0 aliphatic carbocycles. The summed E-state index contributed by atoms with van der Waals surface area (Å²) >= 11 is 1.98. The van der Waals surface area contributed by atoms with Crippen LogP contribution in [0.2, 0.25) is 0 Å². The molecular formula is C15H25NS. The van der Waals surface area contributed by atoms with Gasteiger partial charge in [-0.1, -0.05) is 38.0 Å². The minimum absolute atomic E-state index is 0.602. The average molecular weight is 251 g/mol. The predicted octanol–water partition coefficient (Wildman–Crippen LogP) is 4.03. The van der Waals surface area contributed by atoms with Crippen LogP contribution in [0.1, 0.15) is 31.4 Å². The molecule has 0 saturated carbocycles. The Morgan fingerprint density at radius 1 is 1.29 bits per heavy atom. The van der Waals surface area contributed by atoms with Crippen LogP contribution in [0.5, 0.6) is 0 Å². The van der Waals surface area contributed by atoms with Crippen molar-refractivity contribution in [2.45, 2.75) is 45.1 Å². The lowest BCUT2D eigenvalue weighted by Crippen LogP contribution is -2.34. The Kier molecular flexibility index (Phi) is 6.07. The van der Waals surface area contributed by atoms with Gasteiger partial charge in [-0.05, 0) is 38.4 Å². The van der Waals surface area contributed by atoms with Crippen LogP contribution in [0, 0.1) is 19.8 Å². The molecule has 0 spiro atoms. The van der Waals surface area contributed by atoms with Gasteiger partial charge in [0.2, 0.25) is 0 Å². The Bertz CT molecular complexity index is 349. The Labute approximate surface area is 110 Å². The fraction of sp³-hybridized carbons (Fsp3) is 0.600. The summed E-state index contributed by atoms with van der Waals surface area (Å²) in [5, 5.41) is 3.44. The first-order valence-electron chi connectivity index (χ1n) is 6.45. The highest BCUT2D eigenvalue weighted by molar-refractivity contribution is 7.99. The molecule has 1 nitrogen and oxygen atoms in total. The SMILES string of the molecule is CCC(C)C(CSc1cc(C)ccc1C)NC. The summed E-state index contributed by atoms with van der Waals surface area (Å²) in [7, 11) is 2.07. The van der Waals surface area contributed by atoms with Gasteiger partial charge in [0, 0.05) is 16.7 Å². The van der Waals surface area contributed by atoms with Crippen molar-refractivity contribution in [1.29, 1.82) is 0 Å². The molecular weight excluding hydrogens is 226 g/mol. The van der Waals surface area contributed by atoms with E-state index in [1.54, 1.807) is 0 Å². The smallest absolute Gasteiger partial charge is 0.0184 e. The maximum atomic E-state index is 3.44. The number of hydrogen-bond donors (Lipinski definition) is 1. The molecule has 17 heavy (non-hydrogen) atoms. The molecule has 0 amide bonds. The summed E-state index contributed by atoms with van der Waals surface area (Å²) in [5.41, 5.74) is 2.74. The normalized spacial score (nSPS) is 14.6. The molecule has 1 aromatic carbocycles. The molecule has 2 atom stereocenters. The lowest BCUT2D eigenvalue weighted by atomic mass is 10.0. The average Bonchev–Trinajstić information content (AvgIpc) is 2.33. The topological polar surface area (TPSA) is 12.0 Å². The lowest BCUT2D eigenvalue weighted by molar-refractivity contribution is 0.420. The van der Waals surface area contributed by atoms with Gasteiger partial charge >= 0.3 is 0 Å². The van der Waals surface area contributed by atoms with Gasteiger partial charge in [0.05, 0.1) is 0 Å². The highest BCUT2D eigenvalue weighted by atomic mass is 32.2. The van der Waals surface area contributed by atoms with E-state index >= 15 is 0 Å². The van der Waals surface area contributed by atoms with Crippen molar-refractivity contribution in [1.82, 2.24) is 5.32 Å². The van der Waals surface area contributed by atoms with Crippen LogP contribution >= 0.6 is 11.8 Å². The van der Waals surface area contributed by atoms with Crippen LogP contribution in [0.15, 0.2) is 23.1 Å². The van der Waals surface area contributed by atoms with E-state index < -0.39 is 0 Å². The van der Waals surface area contributed by atoms with Crippen molar-refractivity contribution < 1.29 is 0 Å². The first-order chi connectivity index (χ1) is 8.08. The van der Waals surface area contributed by atoms with Gasteiger partial charge in [0.25, 0.3) is 0 Å². The van der Waals surface area contributed by atoms with Crippen molar-refractivity contribution >= 4 is 11.8 Å². The molecule has 1 N–H and O–H groups in total. The second-order valence-electron chi connectivity index (χ2n) is 4.86. The highest BCUT2D eigenvalue weighted by Crippen LogP contribution is 2.25. The van der Waals surface area contributed by atoms with E-state index in [2.05, 4.69) is 58.3 Å². The molecule has 0 fully saturated rings. The fourth-order valence-electron chi connectivity index (χ4n) is 1.86. The molecule has 0 saturated heterocycles. The van der Waals surface area contributed by atoms with E-state index in [1.807, 2.05) is 11.8 Å². The molecule has 0 aliphatic rings. The molecule has 0 aliphatic heterocycles. The molecule has 0 aromatic heterocycles. The van der Waals surface area contributed by atoms with Crippen LogP contribution < -0.4 is 5.32 Å². The van der Waals surface area contributed by atoms with E-state index in [4.69, 9.17) is 0 Å². The Hall–Kier alpha value is -0.470. The van der Waals surface area contributed by atoms with Crippen molar-refractivity contribution in [3.8, 4) is 0 Å². The zero-order chi connectivity index (χ0) is 12.8. The standard InChI is InChI=1S/C15H25NS/c1-6-12(3)14(16-5)10-17-15-9-11(2)7-8-13(15)4/h7-9,12,14,16H,6,10H2,1-5H3. The van der Waals surface area contributed by atoms with Gasteiger partial charge in [0.15, 0.2) is 0 Å². The summed E-state index contributed by atoms with van der Waals surface area (Å²) in [6.07, 6.45) is 1.23. The van der Waals surface area contributed by atoms with Gasteiger partial charge in [-0.15, -0.1) is 11.8 Å². The second-order valence-corrected chi connectivity index (χ2v) is 5.92. The maximum Gasteiger partial charge on any atom is 0.0184 e. The monoisotopic (exact) mass is 251 g/mol. The summed E-state index contributed by atoms with van der Waals surface area (Å²) in [5.74, 6) is 1.88. The Morgan fingerprint density at radius 2 is 2.00 bits per heavy atom. The van der Waals surface area contributed by atoms with Gasteiger partial charge < -0.3 is 5.32 Å². The molecule has 2 heteroatoms. The van der Waals surface area contributed by atoms with Crippen LogP contribution in [-0.4, -0.2) is 18.8 Å². The minimum atomic E-state index is 0.602. The van der Waals surface area contributed by atoms with E-state index in [9.17, 15) is 0 Å². The molecule has 1 rings (SSSR count). The van der Waals surface area contributed by atoms with E-state index in [-0.39, 0.29) is 0 Å². The number of rotatable bonds is 6. The Balaban J connectivity index is 2.62. The van der Waals surface area contributed by atoms with Gasteiger partial charge in [0.1, 0.15) is 0 Å². The molecule has 0 radical (unpaired) electrons. The number of benzene rings is 1. The molecule has 1 aromatic rings. The molecule has 2 unspecified atom stereocenters. The first kappa shape index (κ1) is 14.6. The summed E-state index contributed by atoms with van der Waals surface area (Å²) in [6.45, 7) is 8.94. The highest BCUT2D eigenvalue weighted by Gasteiger charge is 2.14. The fourth-order valence-corrected chi connectivity index (χ4v) is 3.28. The first-order valence-corrected chi connectivity index (χ1v) is 7.44. The number of hydrogen-bond acceptors (Lipinski definition) is 2. The quantitative estimate of drug-likeness (QED) is 0.766. The van der Waals surface area contributed by atoms with E-state index in [0.29, 0.717) is 6.04 Å². The maximum absolute atomic E-state index is 3.44. The van der Waals surface area contributed by atoms with Crippen LogP contribution in [0.4, 0.5) is 0 Å². The zero-order valence-electron chi connectivity index (χ0n) is 11.7. The van der Waals surface area contributed by atoms with E-state index in [0.717, 1.165) is 11.7 Å². The lowest BCUT2D eigenvalue weighted by Gasteiger charge is -2.22. The third-order valence-corrected chi connectivity index (χ3v) is 4.74. The molecule has 0 bridgehead atoms. The van der Waals surface area contributed by atoms with Crippen molar-refractivity contribution in [3.05, 3.63) is 29.3 Å². The van der Waals surface area contributed by atoms with Gasteiger partial charge in [-0.25, -0.2) is 0 Å². The number of thioether (sulfide) groups is 1. The molecule has 96 valence electrons. The minimum Gasteiger partial charge on any atom is -0.316 e. The van der Waals surface area contributed by atoms with Gasteiger partial charge in [-0.2, -0.15) is 0 Å². The zero-order valence-corrected chi connectivity index (χ0v) is 12.5.